The average molecular weight is 890 g/mol. The van der Waals surface area contributed by atoms with Gasteiger partial charge in [0.1, 0.15) is 5.58 Å². The molecule has 0 unspecified atom stereocenters. The van der Waals surface area contributed by atoms with E-state index >= 15 is 0 Å². The molecule has 1 radical (unpaired) electrons. The molecular weight excluding hydrogens is 841 g/mol. The molecule has 0 fully saturated rings. The number of rotatable bonds is 7. The minimum atomic E-state index is -2.30. The molecule has 0 aliphatic carbocycles. The Morgan fingerprint density at radius 3 is 2.11 bits per heavy atom. The van der Waals surface area contributed by atoms with Crippen molar-refractivity contribution in [3.8, 4) is 44.8 Å². The van der Waals surface area contributed by atoms with Gasteiger partial charge < -0.3 is 14.4 Å². The topological polar surface area (TPSA) is 38.9 Å². The van der Waals surface area contributed by atoms with Gasteiger partial charge >= 0.3 is 0 Å². The molecule has 5 aromatic carbocycles. The summed E-state index contributed by atoms with van der Waals surface area (Å²) in [5.74, 6) is -0.0856. The molecule has 5 heteroatoms. The van der Waals surface area contributed by atoms with Crippen molar-refractivity contribution in [3.05, 3.63) is 163 Å². The Kier molecular flexibility index (Phi) is 9.77. The number of furan rings is 1. The monoisotopic (exact) mass is 890 g/mol. The molecule has 0 aliphatic heterocycles. The minimum absolute atomic E-state index is 0. The maximum atomic E-state index is 8.55. The fourth-order valence-corrected chi connectivity index (χ4v) is 7.77. The van der Waals surface area contributed by atoms with Crippen LogP contribution in [0, 0.1) is 24.9 Å². The molecule has 0 saturated carbocycles. The van der Waals surface area contributed by atoms with E-state index in [1.807, 2.05) is 117 Å². The summed E-state index contributed by atoms with van der Waals surface area (Å²) in [7, 11) is -1.67. The number of pyridine rings is 2. The number of fused-ring (bicyclic) bond motifs is 3. The van der Waals surface area contributed by atoms with Crippen LogP contribution in [0.1, 0.15) is 31.8 Å². The van der Waals surface area contributed by atoms with E-state index in [0.717, 1.165) is 55.1 Å². The van der Waals surface area contributed by atoms with Gasteiger partial charge in [0.25, 0.3) is 0 Å². The van der Waals surface area contributed by atoms with Crippen molar-refractivity contribution in [2.24, 2.45) is 5.92 Å². The van der Waals surface area contributed by atoms with Crippen molar-refractivity contribution < 1.29 is 31.4 Å². The first-order valence-corrected chi connectivity index (χ1v) is 21.1. The van der Waals surface area contributed by atoms with Gasteiger partial charge in [-0.1, -0.05) is 135 Å². The third-order valence-corrected chi connectivity index (χ3v) is 10.9. The average Bonchev–Trinajstić information content (AvgIpc) is 3.59. The number of aromatic nitrogens is 2. The number of nitrogens with zero attached hydrogens (tertiary/aromatic N) is 2. The molecule has 8 aromatic rings. The Labute approximate surface area is 335 Å². The van der Waals surface area contributed by atoms with Crippen LogP contribution in [0.25, 0.3) is 66.7 Å². The predicted octanol–water partition coefficient (Wildman–Crippen LogP) is 12.4. The van der Waals surface area contributed by atoms with Gasteiger partial charge in [0.15, 0.2) is 0 Å². The van der Waals surface area contributed by atoms with Gasteiger partial charge in [-0.15, -0.1) is 54.1 Å². The minimum Gasteiger partial charge on any atom is -0.501 e. The van der Waals surface area contributed by atoms with E-state index in [0.29, 0.717) is 22.4 Å². The molecule has 0 spiro atoms. The number of aryl methyl sites for hydroxylation is 1. The molecule has 0 atom stereocenters. The zero-order chi connectivity index (χ0) is 40.5. The van der Waals surface area contributed by atoms with Gasteiger partial charge in [0.05, 0.1) is 13.7 Å². The summed E-state index contributed by atoms with van der Waals surface area (Å²) in [5.41, 5.74) is 8.91. The van der Waals surface area contributed by atoms with Gasteiger partial charge in [-0.2, -0.15) is 0 Å². The SMILES string of the molecule is [2H]C([2H])([2H])c1cc(-c2[c-]ccc3c2oc2cc(-c4ccccc4)ccc23)ncc1-c1ccccc1.[2H]C([2H])(c1cc(-c2[c-]cccc2)ncc1[Si](C)(C)C)C(C)C.[Ir]. The molecule has 53 heavy (non-hydrogen) atoms. The maximum Gasteiger partial charge on any atom is 0.121 e. The smallest absolute Gasteiger partial charge is 0.121 e. The van der Waals surface area contributed by atoms with Crippen LogP contribution < -0.4 is 5.19 Å². The van der Waals surface area contributed by atoms with Gasteiger partial charge in [0.2, 0.25) is 0 Å². The second-order valence-corrected chi connectivity index (χ2v) is 19.2. The van der Waals surface area contributed by atoms with Crippen molar-refractivity contribution in [2.45, 2.75) is 46.7 Å². The van der Waals surface area contributed by atoms with E-state index in [9.17, 15) is 0 Å². The largest absolute Gasteiger partial charge is 0.501 e. The van der Waals surface area contributed by atoms with Gasteiger partial charge in [-0.3, -0.25) is 0 Å². The summed E-state index contributed by atoms with van der Waals surface area (Å²) in [6.07, 6.45) is 2.16. The van der Waals surface area contributed by atoms with E-state index < -0.39 is 21.3 Å². The first-order chi connectivity index (χ1) is 27.1. The Morgan fingerprint density at radius 1 is 0.717 bits per heavy atom. The number of benzene rings is 5. The maximum absolute atomic E-state index is 8.55. The van der Waals surface area contributed by atoms with Gasteiger partial charge in [0, 0.05) is 50.3 Å². The van der Waals surface area contributed by atoms with E-state index in [4.69, 9.17) is 11.3 Å². The Hall–Kier alpha value is -4.93. The molecule has 3 heterocycles. The normalized spacial score (nSPS) is 13.2. The first kappa shape index (κ1) is 31.6. The number of hydrogen-bond donors (Lipinski definition) is 0. The molecule has 0 bridgehead atoms. The van der Waals surface area contributed by atoms with Crippen LogP contribution in [-0.2, 0) is 26.5 Å². The van der Waals surface area contributed by atoms with Crippen LogP contribution in [0.5, 0.6) is 0 Å². The summed E-state index contributed by atoms with van der Waals surface area (Å²) in [6, 6.07) is 47.3. The molecule has 0 saturated heterocycles. The van der Waals surface area contributed by atoms with Crippen LogP contribution in [0.2, 0.25) is 19.6 Å². The van der Waals surface area contributed by atoms with Crippen molar-refractivity contribution in [1.29, 1.82) is 0 Å². The Balaban J connectivity index is 0.000000214. The van der Waals surface area contributed by atoms with Crippen LogP contribution in [-0.4, -0.2) is 18.0 Å². The van der Waals surface area contributed by atoms with Crippen molar-refractivity contribution in [1.82, 2.24) is 9.97 Å². The van der Waals surface area contributed by atoms with Crippen molar-refractivity contribution >= 4 is 35.2 Å². The standard InChI is InChI=1S/C30H20NO.C18H24NSi.Ir/c1-20-17-28(31-19-27(20)22-11-6-3-7-12-22)26-14-8-13-25-24-16-15-23(18-29(24)32-30(25)26)21-9-4-2-5-10-21;1-14(2)11-16-12-17(15-9-7-6-8-10-15)19-13-18(16)20(3,4)5;/h2-13,15-19H,1H3;6-9,12-14H,11H2,1-5H3;/q2*-1;/i1D3;11D2;. The summed E-state index contributed by atoms with van der Waals surface area (Å²) in [6.45, 7) is 8.27. The number of hydrogen-bond acceptors (Lipinski definition) is 3. The van der Waals surface area contributed by atoms with E-state index in [1.165, 1.54) is 0 Å². The third-order valence-electron chi connectivity index (χ3n) is 8.93. The summed E-state index contributed by atoms with van der Waals surface area (Å²) < 4.78 is 47.9. The zero-order valence-electron chi connectivity index (χ0n) is 35.5. The predicted molar refractivity (Wildman–Crippen MR) is 221 cm³/mol. The molecule has 0 N–H and O–H groups in total. The van der Waals surface area contributed by atoms with Crippen LogP contribution in [0.4, 0.5) is 0 Å². The Bertz CT molecular complexity index is 2660. The fourth-order valence-electron chi connectivity index (χ4n) is 6.37. The van der Waals surface area contributed by atoms with Gasteiger partial charge in [-0.05, 0) is 64.0 Å². The summed E-state index contributed by atoms with van der Waals surface area (Å²) in [5, 5.41) is 3.04. The molecule has 267 valence electrons. The third kappa shape index (κ3) is 8.50. The molecule has 0 amide bonds. The second kappa shape index (κ2) is 16.4. The molecule has 3 aromatic heterocycles. The quantitative estimate of drug-likeness (QED) is 0.118. The fraction of sp³-hybridized carbons (Fsp3) is 0.167. The van der Waals surface area contributed by atoms with Crippen molar-refractivity contribution in [3.63, 3.8) is 0 Å². The van der Waals surface area contributed by atoms with Crippen LogP contribution in [0.3, 0.4) is 0 Å². The van der Waals surface area contributed by atoms with E-state index in [-0.39, 0.29) is 31.6 Å². The first-order valence-electron chi connectivity index (χ1n) is 20.1. The zero-order valence-corrected chi connectivity index (χ0v) is 33.9. The van der Waals surface area contributed by atoms with E-state index in [1.54, 1.807) is 12.3 Å². The molecule has 8 rings (SSSR count). The summed E-state index contributed by atoms with van der Waals surface area (Å²) in [4.78, 5) is 9.23. The second-order valence-electron chi connectivity index (χ2n) is 14.2. The van der Waals surface area contributed by atoms with Crippen molar-refractivity contribution in [2.75, 3.05) is 0 Å². The van der Waals surface area contributed by atoms with Crippen LogP contribution >= 0.6 is 0 Å². The Morgan fingerprint density at radius 2 is 1.43 bits per heavy atom. The van der Waals surface area contributed by atoms with Gasteiger partial charge in [-0.25, -0.2) is 0 Å². The van der Waals surface area contributed by atoms with E-state index in [2.05, 4.69) is 66.0 Å². The van der Waals surface area contributed by atoms with Crippen LogP contribution in [0.15, 0.2) is 144 Å². The molecular formula is C48H44IrN2OSi-2. The molecule has 0 aliphatic rings. The summed E-state index contributed by atoms with van der Waals surface area (Å²) >= 11 is 0. The molecule has 3 nitrogen and oxygen atoms in total.